The number of rotatable bonds is 3. The minimum Gasteiger partial charge on any atom is -0.444 e. The highest BCUT2D eigenvalue weighted by molar-refractivity contribution is 9.10. The second-order valence-electron chi connectivity index (χ2n) is 4.94. The van der Waals surface area contributed by atoms with Gasteiger partial charge in [0.15, 0.2) is 0 Å². The van der Waals surface area contributed by atoms with Gasteiger partial charge in [0.1, 0.15) is 5.60 Å². The first-order valence-electron chi connectivity index (χ1n) is 5.67. The van der Waals surface area contributed by atoms with Gasteiger partial charge in [-0.3, -0.25) is 0 Å². The van der Waals surface area contributed by atoms with E-state index < -0.39 is 17.7 Å². The molecule has 0 heterocycles. The highest BCUT2D eigenvalue weighted by Crippen LogP contribution is 2.18. The van der Waals surface area contributed by atoms with Gasteiger partial charge in [-0.2, -0.15) is 0 Å². The van der Waals surface area contributed by atoms with Crippen LogP contribution in [0.15, 0.2) is 28.7 Å². The highest BCUT2D eigenvalue weighted by Gasteiger charge is 2.20. The zero-order chi connectivity index (χ0) is 13.8. The molecule has 1 rings (SSSR count). The number of alkyl carbamates (subject to hydrolysis) is 1. The van der Waals surface area contributed by atoms with E-state index in [1.54, 1.807) is 20.8 Å². The summed E-state index contributed by atoms with van der Waals surface area (Å²) in [5.41, 5.74) is 0.263. The van der Waals surface area contributed by atoms with Crippen molar-refractivity contribution >= 4 is 22.0 Å². The summed E-state index contributed by atoms with van der Waals surface area (Å²) in [5.74, 6) is 0. The van der Waals surface area contributed by atoms with Crippen LogP contribution in [0.1, 0.15) is 32.4 Å². The lowest BCUT2D eigenvalue weighted by Crippen LogP contribution is -2.36. The Morgan fingerprint density at radius 1 is 1.50 bits per heavy atom. The molecule has 1 aromatic rings. The van der Waals surface area contributed by atoms with Gasteiger partial charge >= 0.3 is 6.09 Å². The molecule has 1 amide bonds. The second-order valence-corrected chi connectivity index (χ2v) is 5.85. The van der Waals surface area contributed by atoms with Crippen LogP contribution in [-0.2, 0) is 4.74 Å². The average molecular weight is 316 g/mol. The summed E-state index contributed by atoms with van der Waals surface area (Å²) in [6, 6.07) is 6.93. The van der Waals surface area contributed by atoms with Crippen LogP contribution in [0.3, 0.4) is 0 Å². The molecule has 1 atom stereocenters. The number of aliphatic hydroxyl groups excluding tert-OH is 1. The van der Waals surface area contributed by atoms with Gasteiger partial charge in [-0.15, -0.1) is 0 Å². The molecule has 0 saturated heterocycles. The first-order valence-corrected chi connectivity index (χ1v) is 6.47. The predicted octanol–water partition coefficient (Wildman–Crippen LogP) is 3.01. The van der Waals surface area contributed by atoms with Crippen molar-refractivity contribution in [2.45, 2.75) is 32.4 Å². The Bertz CT molecular complexity index is 415. The zero-order valence-electron chi connectivity index (χ0n) is 10.7. The molecule has 0 aliphatic heterocycles. The molecule has 0 fully saturated rings. The van der Waals surface area contributed by atoms with Gasteiger partial charge in [-0.25, -0.2) is 4.79 Å². The first kappa shape index (κ1) is 15.0. The highest BCUT2D eigenvalue weighted by atomic mass is 79.9. The Morgan fingerprint density at radius 3 is 2.67 bits per heavy atom. The number of hydrogen-bond donors (Lipinski definition) is 2. The molecular formula is C13H18BrNO3. The van der Waals surface area contributed by atoms with E-state index in [2.05, 4.69) is 21.2 Å². The van der Waals surface area contributed by atoms with E-state index in [0.717, 1.165) is 10.0 Å². The largest absolute Gasteiger partial charge is 0.444 e. The summed E-state index contributed by atoms with van der Waals surface area (Å²) in [7, 11) is 0. The van der Waals surface area contributed by atoms with E-state index in [0.29, 0.717) is 0 Å². The van der Waals surface area contributed by atoms with Crippen LogP contribution >= 0.6 is 15.9 Å². The van der Waals surface area contributed by atoms with E-state index in [4.69, 9.17) is 4.74 Å². The molecule has 2 N–H and O–H groups in total. The third kappa shape index (κ3) is 5.06. The standard InChI is InChI=1S/C13H18BrNO3/c1-13(2,3)18-12(17)15-11(8-16)9-5-4-6-10(14)7-9/h4-7,11,16H,8H2,1-3H3,(H,15,17)/t11-/m1/s1. The Hall–Kier alpha value is -1.07. The number of benzene rings is 1. The quantitative estimate of drug-likeness (QED) is 0.901. The van der Waals surface area contributed by atoms with Gasteiger partial charge < -0.3 is 15.2 Å². The van der Waals surface area contributed by atoms with Crippen molar-refractivity contribution in [3.05, 3.63) is 34.3 Å². The van der Waals surface area contributed by atoms with Gasteiger partial charge in [-0.1, -0.05) is 28.1 Å². The van der Waals surface area contributed by atoms with Crippen molar-refractivity contribution in [2.75, 3.05) is 6.61 Å². The van der Waals surface area contributed by atoms with Crippen molar-refractivity contribution in [3.63, 3.8) is 0 Å². The van der Waals surface area contributed by atoms with E-state index in [9.17, 15) is 9.90 Å². The van der Waals surface area contributed by atoms with Crippen molar-refractivity contribution in [2.24, 2.45) is 0 Å². The fourth-order valence-corrected chi connectivity index (χ4v) is 1.82. The predicted molar refractivity (Wildman–Crippen MR) is 73.3 cm³/mol. The monoisotopic (exact) mass is 315 g/mol. The number of carbonyl (C=O) groups is 1. The van der Waals surface area contributed by atoms with E-state index in [1.807, 2.05) is 24.3 Å². The summed E-state index contributed by atoms with van der Waals surface area (Å²) >= 11 is 3.35. The van der Waals surface area contributed by atoms with Gasteiger partial charge in [0.2, 0.25) is 0 Å². The van der Waals surface area contributed by atoms with Crippen LogP contribution in [0.4, 0.5) is 4.79 Å². The molecule has 100 valence electrons. The molecule has 5 heteroatoms. The van der Waals surface area contributed by atoms with Crippen molar-refractivity contribution < 1.29 is 14.6 Å². The molecule has 0 aliphatic carbocycles. The summed E-state index contributed by atoms with van der Waals surface area (Å²) in [6.07, 6.45) is -0.540. The average Bonchev–Trinajstić information content (AvgIpc) is 2.23. The lowest BCUT2D eigenvalue weighted by Gasteiger charge is -2.23. The maximum atomic E-state index is 11.6. The van der Waals surface area contributed by atoms with Crippen LogP contribution in [0, 0.1) is 0 Å². The molecular weight excluding hydrogens is 298 g/mol. The number of aliphatic hydroxyl groups is 1. The number of amides is 1. The summed E-state index contributed by atoms with van der Waals surface area (Å²) in [5, 5.41) is 12.0. The van der Waals surface area contributed by atoms with E-state index >= 15 is 0 Å². The topological polar surface area (TPSA) is 58.6 Å². The Morgan fingerprint density at radius 2 is 2.17 bits per heavy atom. The molecule has 1 aromatic carbocycles. The Balaban J connectivity index is 2.71. The fourth-order valence-electron chi connectivity index (χ4n) is 1.41. The molecule has 0 saturated carbocycles. The van der Waals surface area contributed by atoms with E-state index in [-0.39, 0.29) is 6.61 Å². The second kappa shape index (κ2) is 6.20. The molecule has 0 radical (unpaired) electrons. The lowest BCUT2D eigenvalue weighted by atomic mass is 10.1. The minimum atomic E-state index is -0.554. The van der Waals surface area contributed by atoms with Crippen LogP contribution in [0.5, 0.6) is 0 Å². The van der Waals surface area contributed by atoms with Crippen LogP contribution in [-0.4, -0.2) is 23.4 Å². The zero-order valence-corrected chi connectivity index (χ0v) is 12.3. The van der Waals surface area contributed by atoms with Gasteiger partial charge in [0.25, 0.3) is 0 Å². The number of ether oxygens (including phenoxy) is 1. The maximum Gasteiger partial charge on any atom is 0.408 e. The van der Waals surface area contributed by atoms with Gasteiger partial charge in [0.05, 0.1) is 12.6 Å². The third-order valence-corrected chi connectivity index (χ3v) is 2.62. The number of carbonyl (C=O) groups excluding carboxylic acids is 1. The Labute approximate surface area is 115 Å². The van der Waals surface area contributed by atoms with Crippen molar-refractivity contribution in [3.8, 4) is 0 Å². The molecule has 0 unspecified atom stereocenters. The molecule has 0 aliphatic rings. The van der Waals surface area contributed by atoms with E-state index in [1.165, 1.54) is 0 Å². The molecule has 0 bridgehead atoms. The minimum absolute atomic E-state index is 0.185. The number of nitrogens with one attached hydrogen (secondary N) is 1. The van der Waals surface area contributed by atoms with Crippen LogP contribution in [0.25, 0.3) is 0 Å². The summed E-state index contributed by atoms with van der Waals surface area (Å²) < 4.78 is 6.04. The molecule has 0 aromatic heterocycles. The van der Waals surface area contributed by atoms with Crippen molar-refractivity contribution in [1.82, 2.24) is 5.32 Å². The molecule has 18 heavy (non-hydrogen) atoms. The normalized spacial score (nSPS) is 12.9. The summed E-state index contributed by atoms with van der Waals surface area (Å²) in [6.45, 7) is 5.19. The maximum absolute atomic E-state index is 11.6. The van der Waals surface area contributed by atoms with Crippen molar-refractivity contribution in [1.29, 1.82) is 0 Å². The molecule has 0 spiro atoms. The fraction of sp³-hybridized carbons (Fsp3) is 0.462. The SMILES string of the molecule is CC(C)(C)OC(=O)N[C@H](CO)c1cccc(Br)c1. The number of hydrogen-bond acceptors (Lipinski definition) is 3. The third-order valence-electron chi connectivity index (χ3n) is 2.12. The molecule has 4 nitrogen and oxygen atoms in total. The smallest absolute Gasteiger partial charge is 0.408 e. The lowest BCUT2D eigenvalue weighted by molar-refractivity contribution is 0.0482. The first-order chi connectivity index (χ1) is 8.31. The van der Waals surface area contributed by atoms with Gasteiger partial charge in [-0.05, 0) is 38.5 Å². The Kier molecular flexibility index (Phi) is 5.16. The number of halogens is 1. The van der Waals surface area contributed by atoms with Gasteiger partial charge in [0, 0.05) is 4.47 Å². The summed E-state index contributed by atoms with van der Waals surface area (Å²) in [4.78, 5) is 11.6. The van der Waals surface area contributed by atoms with Crippen LogP contribution in [0.2, 0.25) is 0 Å². The van der Waals surface area contributed by atoms with Crippen LogP contribution < -0.4 is 5.32 Å².